The van der Waals surface area contributed by atoms with Crippen LogP contribution in [0.15, 0.2) is 42.5 Å². The van der Waals surface area contributed by atoms with Crippen molar-refractivity contribution in [3.63, 3.8) is 0 Å². The van der Waals surface area contributed by atoms with Crippen LogP contribution >= 0.6 is 23.2 Å². The van der Waals surface area contributed by atoms with E-state index in [0.29, 0.717) is 27.0 Å². The number of carbonyl (C=O) groups is 3. The molecule has 2 rings (SSSR count). The van der Waals surface area contributed by atoms with Crippen LogP contribution in [0, 0.1) is 0 Å². The molecule has 0 aromatic heterocycles. The van der Waals surface area contributed by atoms with Crippen LogP contribution in [-0.2, 0) is 9.59 Å². The first-order valence-corrected chi connectivity index (χ1v) is 7.78. The maximum Gasteiger partial charge on any atom is 0.310 e. The summed E-state index contributed by atoms with van der Waals surface area (Å²) >= 11 is 11.9. The molecule has 0 heterocycles. The van der Waals surface area contributed by atoms with Crippen LogP contribution in [0.5, 0.6) is 0 Å². The molecule has 0 saturated carbocycles. The maximum absolute atomic E-state index is 11.9. The third-order valence-corrected chi connectivity index (χ3v) is 3.41. The largest absolute Gasteiger partial charge is 0.481 e. The van der Waals surface area contributed by atoms with Gasteiger partial charge < -0.3 is 16.2 Å². The first-order chi connectivity index (χ1) is 11.7. The third kappa shape index (κ3) is 7.24. The van der Waals surface area contributed by atoms with Crippen LogP contribution < -0.4 is 11.1 Å². The summed E-state index contributed by atoms with van der Waals surface area (Å²) in [6.45, 7) is 1.24. The highest BCUT2D eigenvalue weighted by molar-refractivity contribution is 6.37. The van der Waals surface area contributed by atoms with Gasteiger partial charge in [0.15, 0.2) is 0 Å². The Balaban J connectivity index is 0.000000381. The minimum Gasteiger partial charge on any atom is -0.481 e. The number of halogens is 2. The van der Waals surface area contributed by atoms with Crippen molar-refractivity contribution in [2.75, 3.05) is 11.1 Å². The Labute approximate surface area is 154 Å². The number of hydrogen-bond donors (Lipinski definition) is 3. The highest BCUT2D eigenvalue weighted by Crippen LogP contribution is 2.31. The van der Waals surface area contributed by atoms with E-state index in [1.54, 1.807) is 24.3 Å². The van der Waals surface area contributed by atoms with Crippen molar-refractivity contribution in [1.29, 1.82) is 0 Å². The molecule has 8 heteroatoms. The lowest BCUT2D eigenvalue weighted by Crippen LogP contribution is -2.12. The van der Waals surface area contributed by atoms with Crippen molar-refractivity contribution in [2.24, 2.45) is 0 Å². The lowest BCUT2D eigenvalue weighted by Gasteiger charge is -2.09. The number of rotatable bonds is 4. The molecule has 2 aromatic rings. The second-order valence-electron chi connectivity index (χ2n) is 4.95. The fourth-order valence-corrected chi connectivity index (χ4v) is 2.04. The van der Waals surface area contributed by atoms with E-state index in [4.69, 9.17) is 34.0 Å². The standard InChI is InChI=1S/C13H10Cl2N2O.C4H6O3/c14-9-7-12(10(15)6-11(9)16)17-13(18)8-4-2-1-3-5-8;1-3(5)2-4(6)7/h1-7H,16H2,(H,17,18);2H2,1H3,(H,6,7). The molecule has 0 aliphatic heterocycles. The summed E-state index contributed by atoms with van der Waals surface area (Å²) in [7, 11) is 0. The summed E-state index contributed by atoms with van der Waals surface area (Å²) in [4.78, 5) is 31.4. The van der Waals surface area contributed by atoms with Crippen molar-refractivity contribution in [3.05, 3.63) is 58.1 Å². The van der Waals surface area contributed by atoms with Crippen LogP contribution in [0.3, 0.4) is 0 Å². The lowest BCUT2D eigenvalue weighted by atomic mass is 10.2. The average Bonchev–Trinajstić information content (AvgIpc) is 2.52. The van der Waals surface area contributed by atoms with Crippen molar-refractivity contribution in [1.82, 2.24) is 0 Å². The predicted octanol–water partition coefficient (Wildman–Crippen LogP) is 3.88. The lowest BCUT2D eigenvalue weighted by molar-refractivity contribution is -0.139. The Morgan fingerprint density at radius 3 is 2.16 bits per heavy atom. The van der Waals surface area contributed by atoms with E-state index in [1.165, 1.54) is 19.1 Å². The van der Waals surface area contributed by atoms with E-state index in [1.807, 2.05) is 6.07 Å². The number of hydrogen-bond acceptors (Lipinski definition) is 4. The topological polar surface area (TPSA) is 109 Å². The number of Topliss-reactive ketones (excluding diaryl/α,β-unsaturated/α-hetero) is 1. The van der Waals surface area contributed by atoms with Crippen molar-refractivity contribution >= 4 is 52.2 Å². The first kappa shape index (κ1) is 20.5. The predicted molar refractivity (Wildman–Crippen MR) is 98.2 cm³/mol. The molecule has 0 saturated heterocycles. The zero-order valence-corrected chi connectivity index (χ0v) is 14.8. The number of ketones is 1. The fourth-order valence-electron chi connectivity index (χ4n) is 1.65. The summed E-state index contributed by atoms with van der Waals surface area (Å²) in [5.41, 5.74) is 6.95. The van der Waals surface area contributed by atoms with Gasteiger partial charge in [0, 0.05) is 5.56 Å². The second-order valence-corrected chi connectivity index (χ2v) is 5.76. The minimum atomic E-state index is -1.06. The van der Waals surface area contributed by atoms with Gasteiger partial charge in [-0.2, -0.15) is 0 Å². The van der Waals surface area contributed by atoms with Gasteiger partial charge >= 0.3 is 5.97 Å². The van der Waals surface area contributed by atoms with Gasteiger partial charge in [0.2, 0.25) is 0 Å². The van der Waals surface area contributed by atoms with Gasteiger partial charge in [-0.05, 0) is 31.2 Å². The van der Waals surface area contributed by atoms with Gasteiger partial charge in [0.1, 0.15) is 12.2 Å². The quantitative estimate of drug-likeness (QED) is 0.548. The minimum absolute atomic E-state index is 0.252. The monoisotopic (exact) mass is 382 g/mol. The Kier molecular flexibility index (Phi) is 7.91. The zero-order chi connectivity index (χ0) is 19.0. The van der Waals surface area contributed by atoms with Gasteiger partial charge in [-0.25, -0.2) is 0 Å². The van der Waals surface area contributed by atoms with Crippen molar-refractivity contribution < 1.29 is 19.5 Å². The van der Waals surface area contributed by atoms with E-state index < -0.39 is 5.97 Å². The molecule has 0 fully saturated rings. The van der Waals surface area contributed by atoms with Crippen LogP contribution in [-0.4, -0.2) is 22.8 Å². The number of carbonyl (C=O) groups excluding carboxylic acids is 2. The second kappa shape index (κ2) is 9.66. The molecule has 1 amide bonds. The number of aliphatic carboxylic acids is 1. The molecule has 0 radical (unpaired) electrons. The van der Waals surface area contributed by atoms with Crippen LogP contribution in [0.1, 0.15) is 23.7 Å². The highest BCUT2D eigenvalue weighted by atomic mass is 35.5. The smallest absolute Gasteiger partial charge is 0.310 e. The van der Waals surface area contributed by atoms with Crippen LogP contribution in [0.2, 0.25) is 10.0 Å². The summed E-state index contributed by atoms with van der Waals surface area (Å²) in [6.07, 6.45) is -0.361. The van der Waals surface area contributed by atoms with E-state index >= 15 is 0 Å². The summed E-state index contributed by atoms with van der Waals surface area (Å²) in [5.74, 6) is -1.63. The van der Waals surface area contributed by atoms with Gasteiger partial charge in [-0.3, -0.25) is 14.4 Å². The Morgan fingerprint density at radius 2 is 1.68 bits per heavy atom. The number of nitrogen functional groups attached to an aromatic ring is 1. The Bertz CT molecular complexity index is 768. The normalized spacial score (nSPS) is 9.56. The zero-order valence-electron chi connectivity index (χ0n) is 13.3. The molecule has 6 nitrogen and oxygen atoms in total. The van der Waals surface area contributed by atoms with Gasteiger partial charge in [0.25, 0.3) is 5.91 Å². The van der Waals surface area contributed by atoms with E-state index in [0.717, 1.165) is 0 Å². The average molecular weight is 383 g/mol. The molecule has 0 aliphatic rings. The maximum atomic E-state index is 11.9. The summed E-state index contributed by atoms with van der Waals surface area (Å²) in [5, 5.41) is 11.2. The Morgan fingerprint density at radius 1 is 1.08 bits per heavy atom. The van der Waals surface area contributed by atoms with Crippen molar-refractivity contribution in [3.8, 4) is 0 Å². The molecule has 0 unspecified atom stereocenters. The van der Waals surface area contributed by atoms with Crippen LogP contribution in [0.4, 0.5) is 11.4 Å². The van der Waals surface area contributed by atoms with Gasteiger partial charge in [0.05, 0.1) is 21.4 Å². The number of carboxylic acids is 1. The van der Waals surface area contributed by atoms with E-state index in [9.17, 15) is 14.4 Å². The molecule has 4 N–H and O–H groups in total. The molecular formula is C17H16Cl2N2O4. The van der Waals surface area contributed by atoms with Crippen molar-refractivity contribution in [2.45, 2.75) is 13.3 Å². The fraction of sp³-hybridized carbons (Fsp3) is 0.118. The molecule has 0 bridgehead atoms. The number of nitrogens with one attached hydrogen (secondary N) is 1. The highest BCUT2D eigenvalue weighted by Gasteiger charge is 2.10. The van der Waals surface area contributed by atoms with Gasteiger partial charge in [-0.1, -0.05) is 41.4 Å². The molecule has 2 aromatic carbocycles. The molecular weight excluding hydrogens is 367 g/mol. The Hall–Kier alpha value is -2.57. The molecule has 0 spiro atoms. The number of carboxylic acid groups (broad SMARTS) is 1. The molecule has 0 atom stereocenters. The number of anilines is 2. The molecule has 0 aliphatic carbocycles. The number of amides is 1. The first-order valence-electron chi connectivity index (χ1n) is 7.03. The SMILES string of the molecule is CC(=O)CC(=O)O.Nc1cc(Cl)c(NC(=O)c2ccccc2)cc1Cl. The van der Waals surface area contributed by atoms with Crippen LogP contribution in [0.25, 0.3) is 0 Å². The van der Waals surface area contributed by atoms with Gasteiger partial charge in [-0.15, -0.1) is 0 Å². The van der Waals surface area contributed by atoms with E-state index in [-0.39, 0.29) is 18.1 Å². The number of nitrogens with two attached hydrogens (primary N) is 1. The summed E-state index contributed by atoms with van der Waals surface area (Å²) < 4.78 is 0. The number of benzene rings is 2. The van der Waals surface area contributed by atoms with E-state index in [2.05, 4.69) is 5.32 Å². The summed E-state index contributed by atoms with van der Waals surface area (Å²) in [6, 6.07) is 11.9. The molecule has 25 heavy (non-hydrogen) atoms. The molecule has 132 valence electrons. The third-order valence-electron chi connectivity index (χ3n) is 2.77.